The molecule has 0 radical (unpaired) electrons. The van der Waals surface area contributed by atoms with Gasteiger partial charge in [-0.3, -0.25) is 4.79 Å². The first-order valence-corrected chi connectivity index (χ1v) is 8.29. The van der Waals surface area contributed by atoms with E-state index in [9.17, 15) is 4.79 Å². The number of hydrogen-bond acceptors (Lipinski definition) is 1. The molecule has 1 amide bonds. The maximum absolute atomic E-state index is 12.5. The molecular formula is C17H23Cl2NO. The van der Waals surface area contributed by atoms with Crippen LogP contribution in [0.5, 0.6) is 0 Å². The number of benzene rings is 1. The first-order valence-electron chi connectivity index (χ1n) is 7.53. The van der Waals surface area contributed by atoms with Crippen LogP contribution in [-0.2, 0) is 4.79 Å². The quantitative estimate of drug-likeness (QED) is 0.699. The number of nitrogens with zero attached hydrogens (tertiary/aromatic N) is 1. The third kappa shape index (κ3) is 4.14. The normalized spacial score (nSPS) is 20.2. The molecule has 0 saturated carbocycles. The van der Waals surface area contributed by atoms with Crippen molar-refractivity contribution in [1.29, 1.82) is 0 Å². The van der Waals surface area contributed by atoms with Gasteiger partial charge >= 0.3 is 0 Å². The second kappa shape index (κ2) is 6.58. The summed E-state index contributed by atoms with van der Waals surface area (Å²) in [6, 6.07) is 5.82. The highest BCUT2D eigenvalue weighted by Gasteiger charge is 2.30. The topological polar surface area (TPSA) is 20.3 Å². The van der Waals surface area contributed by atoms with E-state index in [0.717, 1.165) is 32.4 Å². The van der Waals surface area contributed by atoms with Crippen LogP contribution in [0.3, 0.4) is 0 Å². The summed E-state index contributed by atoms with van der Waals surface area (Å²) in [6.45, 7) is 7.57. The number of carbonyl (C=O) groups is 1. The number of hydrogen-bond donors (Lipinski definition) is 0. The average molecular weight is 328 g/mol. The molecule has 1 heterocycles. The molecule has 2 nitrogen and oxygen atoms in total. The van der Waals surface area contributed by atoms with Crippen molar-refractivity contribution in [1.82, 2.24) is 4.90 Å². The number of amides is 1. The van der Waals surface area contributed by atoms with Gasteiger partial charge in [-0.25, -0.2) is 0 Å². The lowest BCUT2D eigenvalue weighted by atomic mass is 9.92. The van der Waals surface area contributed by atoms with Crippen molar-refractivity contribution in [3.63, 3.8) is 0 Å². The molecule has 21 heavy (non-hydrogen) atoms. The average Bonchev–Trinajstić information content (AvgIpc) is 2.66. The van der Waals surface area contributed by atoms with E-state index in [2.05, 4.69) is 0 Å². The van der Waals surface area contributed by atoms with Gasteiger partial charge in [-0.05, 0) is 30.5 Å². The Kier molecular flexibility index (Phi) is 5.21. The van der Waals surface area contributed by atoms with E-state index in [1.807, 2.05) is 43.9 Å². The molecule has 1 atom stereocenters. The Labute approximate surface area is 137 Å². The number of halogens is 2. The zero-order valence-corrected chi connectivity index (χ0v) is 14.5. The predicted molar refractivity (Wildman–Crippen MR) is 89.1 cm³/mol. The maximum atomic E-state index is 12.5. The minimum Gasteiger partial charge on any atom is -0.342 e. The minimum atomic E-state index is -0.327. The summed E-state index contributed by atoms with van der Waals surface area (Å²) in [7, 11) is 0. The van der Waals surface area contributed by atoms with Gasteiger partial charge in [-0.1, -0.05) is 56.5 Å². The molecule has 0 aromatic heterocycles. The summed E-state index contributed by atoms with van der Waals surface area (Å²) in [5.41, 5.74) is 0.852. The highest BCUT2D eigenvalue weighted by atomic mass is 35.5. The van der Waals surface area contributed by atoms with Crippen molar-refractivity contribution in [3.05, 3.63) is 33.8 Å². The lowest BCUT2D eigenvalue weighted by molar-refractivity contribution is -0.139. The fourth-order valence-electron chi connectivity index (χ4n) is 2.84. The number of likely N-dealkylation sites (tertiary alicyclic amines) is 1. The van der Waals surface area contributed by atoms with Crippen molar-refractivity contribution < 1.29 is 4.79 Å². The van der Waals surface area contributed by atoms with E-state index in [-0.39, 0.29) is 11.3 Å². The molecule has 0 spiro atoms. The molecule has 1 aliphatic heterocycles. The van der Waals surface area contributed by atoms with Crippen molar-refractivity contribution in [3.8, 4) is 0 Å². The van der Waals surface area contributed by atoms with Crippen molar-refractivity contribution in [2.45, 2.75) is 46.0 Å². The fourth-order valence-corrected chi connectivity index (χ4v) is 3.15. The summed E-state index contributed by atoms with van der Waals surface area (Å²) in [5.74, 6) is 0.572. The van der Waals surface area contributed by atoms with Gasteiger partial charge in [-0.15, -0.1) is 0 Å². The Morgan fingerprint density at radius 2 is 1.90 bits per heavy atom. The third-order valence-corrected chi connectivity index (χ3v) is 4.75. The van der Waals surface area contributed by atoms with Crippen LogP contribution in [0.4, 0.5) is 0 Å². The Bertz CT molecular complexity index is 522. The van der Waals surface area contributed by atoms with Crippen LogP contribution in [0, 0.1) is 5.41 Å². The second-order valence-corrected chi connectivity index (χ2v) is 7.68. The number of carbonyl (C=O) groups excluding carboxylic acids is 1. The maximum Gasteiger partial charge on any atom is 0.227 e. The third-order valence-electron chi connectivity index (χ3n) is 4.02. The van der Waals surface area contributed by atoms with Crippen LogP contribution in [0.1, 0.15) is 51.5 Å². The molecule has 1 unspecified atom stereocenters. The van der Waals surface area contributed by atoms with Crippen LogP contribution in [0.2, 0.25) is 10.0 Å². The van der Waals surface area contributed by atoms with E-state index in [1.165, 1.54) is 5.56 Å². The molecule has 0 N–H and O–H groups in total. The zero-order valence-electron chi connectivity index (χ0n) is 13.0. The highest BCUT2D eigenvalue weighted by molar-refractivity contribution is 6.42. The van der Waals surface area contributed by atoms with Crippen LogP contribution >= 0.6 is 23.2 Å². The van der Waals surface area contributed by atoms with Crippen LogP contribution in [0.15, 0.2) is 18.2 Å². The molecule has 0 aliphatic carbocycles. The lowest BCUT2D eigenvalue weighted by Gasteiger charge is -2.30. The number of rotatable bonds is 1. The molecule has 1 aliphatic rings. The zero-order chi connectivity index (χ0) is 15.6. The smallest absolute Gasteiger partial charge is 0.227 e. The second-order valence-electron chi connectivity index (χ2n) is 6.87. The fraction of sp³-hybridized carbons (Fsp3) is 0.588. The van der Waals surface area contributed by atoms with Crippen molar-refractivity contribution >= 4 is 29.1 Å². The van der Waals surface area contributed by atoms with Crippen LogP contribution in [-0.4, -0.2) is 23.9 Å². The molecule has 0 bridgehead atoms. The lowest BCUT2D eigenvalue weighted by Crippen LogP contribution is -2.41. The molecular weight excluding hydrogens is 305 g/mol. The monoisotopic (exact) mass is 327 g/mol. The molecule has 1 aromatic rings. The van der Waals surface area contributed by atoms with E-state index < -0.39 is 0 Å². The van der Waals surface area contributed by atoms with Gasteiger partial charge in [0.05, 0.1) is 10.0 Å². The molecule has 116 valence electrons. The molecule has 4 heteroatoms. The Balaban J connectivity index is 2.20. The van der Waals surface area contributed by atoms with Gasteiger partial charge in [0.1, 0.15) is 0 Å². The molecule has 1 saturated heterocycles. The van der Waals surface area contributed by atoms with Gasteiger partial charge < -0.3 is 4.90 Å². The largest absolute Gasteiger partial charge is 0.342 e. The summed E-state index contributed by atoms with van der Waals surface area (Å²) < 4.78 is 0. The predicted octanol–water partition coefficient (Wildman–Crippen LogP) is 5.14. The van der Waals surface area contributed by atoms with Gasteiger partial charge in [0, 0.05) is 24.4 Å². The SMILES string of the molecule is CC(C)(C)C(=O)N1CCCCC(c2ccc(Cl)c(Cl)c2)C1. The Hall–Kier alpha value is -0.730. The Morgan fingerprint density at radius 1 is 1.19 bits per heavy atom. The molecule has 2 rings (SSSR count). The van der Waals surface area contributed by atoms with E-state index >= 15 is 0 Å². The van der Waals surface area contributed by atoms with E-state index in [0.29, 0.717) is 16.0 Å². The van der Waals surface area contributed by atoms with Gasteiger partial charge in [0.2, 0.25) is 5.91 Å². The van der Waals surface area contributed by atoms with Crippen molar-refractivity contribution in [2.24, 2.45) is 5.41 Å². The first-order chi connectivity index (χ1) is 9.79. The molecule has 1 fully saturated rings. The van der Waals surface area contributed by atoms with Crippen LogP contribution < -0.4 is 0 Å². The summed E-state index contributed by atoms with van der Waals surface area (Å²) in [5, 5.41) is 1.17. The Morgan fingerprint density at radius 3 is 2.52 bits per heavy atom. The summed E-state index contributed by atoms with van der Waals surface area (Å²) in [4.78, 5) is 14.6. The van der Waals surface area contributed by atoms with Crippen LogP contribution in [0.25, 0.3) is 0 Å². The first kappa shape index (κ1) is 16.6. The van der Waals surface area contributed by atoms with Gasteiger partial charge in [0.15, 0.2) is 0 Å². The van der Waals surface area contributed by atoms with E-state index in [4.69, 9.17) is 23.2 Å². The van der Waals surface area contributed by atoms with E-state index in [1.54, 1.807) is 0 Å². The highest BCUT2D eigenvalue weighted by Crippen LogP contribution is 2.32. The summed E-state index contributed by atoms with van der Waals surface area (Å²) in [6.07, 6.45) is 3.30. The summed E-state index contributed by atoms with van der Waals surface area (Å²) >= 11 is 12.1. The van der Waals surface area contributed by atoms with Gasteiger partial charge in [0.25, 0.3) is 0 Å². The van der Waals surface area contributed by atoms with Crippen molar-refractivity contribution in [2.75, 3.05) is 13.1 Å². The minimum absolute atomic E-state index is 0.231. The van der Waals surface area contributed by atoms with Gasteiger partial charge in [-0.2, -0.15) is 0 Å². The molecule has 1 aromatic carbocycles. The standard InChI is InChI=1S/C17H23Cl2NO/c1-17(2,3)16(21)20-9-5-4-6-13(11-20)12-7-8-14(18)15(19)10-12/h7-8,10,13H,4-6,9,11H2,1-3H3.